The molecule has 1 aromatic carbocycles. The molecule has 2 aromatic heterocycles. The molecule has 0 atom stereocenters. The van der Waals surface area contributed by atoms with E-state index in [1.165, 1.54) is 29.2 Å². The van der Waals surface area contributed by atoms with E-state index in [0.717, 1.165) is 11.3 Å². The van der Waals surface area contributed by atoms with Crippen molar-refractivity contribution in [3.63, 3.8) is 0 Å². The van der Waals surface area contributed by atoms with Gasteiger partial charge in [0.15, 0.2) is 10.8 Å². The van der Waals surface area contributed by atoms with Crippen LogP contribution in [0.5, 0.6) is 5.75 Å². The van der Waals surface area contributed by atoms with Crippen molar-refractivity contribution in [2.24, 2.45) is 0 Å². The smallest absolute Gasteiger partial charge is 0.406 e. The molecule has 1 amide bonds. The van der Waals surface area contributed by atoms with Gasteiger partial charge in [-0.05, 0) is 33.2 Å². The number of aromatic nitrogens is 2. The van der Waals surface area contributed by atoms with Gasteiger partial charge >= 0.3 is 6.36 Å². The minimum absolute atomic E-state index is 0.136. The molecule has 0 bridgehead atoms. The molecule has 3 aromatic rings. The summed E-state index contributed by atoms with van der Waals surface area (Å²) in [4.78, 5) is 20.6. The molecule has 0 radical (unpaired) electrons. The summed E-state index contributed by atoms with van der Waals surface area (Å²) in [5.41, 5.74) is 0.602. The van der Waals surface area contributed by atoms with E-state index in [1.807, 2.05) is 19.0 Å². The van der Waals surface area contributed by atoms with Crippen molar-refractivity contribution in [3.05, 3.63) is 35.7 Å². The number of alkyl halides is 3. The van der Waals surface area contributed by atoms with E-state index in [9.17, 15) is 18.0 Å². The fraction of sp³-hybridized carbons (Fsp3) is 0.353. The first-order valence-corrected chi connectivity index (χ1v) is 9.00. The van der Waals surface area contributed by atoms with Gasteiger partial charge in [0.2, 0.25) is 0 Å². The number of rotatable bonds is 6. The van der Waals surface area contributed by atoms with Crippen molar-refractivity contribution in [2.45, 2.75) is 13.3 Å². The second kappa shape index (κ2) is 7.76. The highest BCUT2D eigenvalue weighted by molar-refractivity contribution is 7.22. The summed E-state index contributed by atoms with van der Waals surface area (Å²) < 4.78 is 46.7. The summed E-state index contributed by atoms with van der Waals surface area (Å²) in [5, 5.41) is 4.10. The average Bonchev–Trinajstić information content (AvgIpc) is 3.18. The molecule has 7 nitrogen and oxygen atoms in total. The second-order valence-electron chi connectivity index (χ2n) is 6.26. The lowest BCUT2D eigenvalue weighted by Crippen LogP contribution is -2.36. The van der Waals surface area contributed by atoms with Gasteiger partial charge in [-0.2, -0.15) is 0 Å². The van der Waals surface area contributed by atoms with Gasteiger partial charge in [0.1, 0.15) is 11.5 Å². The number of likely N-dealkylation sites (N-methyl/N-ethyl adjacent to an activating group) is 1. The molecule has 0 fully saturated rings. The van der Waals surface area contributed by atoms with Gasteiger partial charge in [-0.25, -0.2) is 4.98 Å². The predicted octanol–water partition coefficient (Wildman–Crippen LogP) is 3.70. The minimum atomic E-state index is -4.78. The lowest BCUT2D eigenvalue weighted by atomic mass is 10.3. The van der Waals surface area contributed by atoms with Crippen LogP contribution in [0.15, 0.2) is 28.8 Å². The Bertz CT molecular complexity index is 984. The normalized spacial score (nSPS) is 12.0. The number of carbonyl (C=O) groups is 1. The van der Waals surface area contributed by atoms with Gasteiger partial charge < -0.3 is 14.2 Å². The van der Waals surface area contributed by atoms with E-state index in [-0.39, 0.29) is 11.4 Å². The molecular formula is C17H17F3N4O3S. The number of benzene rings is 1. The number of thiazole rings is 1. The van der Waals surface area contributed by atoms with Gasteiger partial charge in [0.05, 0.1) is 10.2 Å². The largest absolute Gasteiger partial charge is 0.573 e. The van der Waals surface area contributed by atoms with Crippen molar-refractivity contribution < 1.29 is 27.2 Å². The monoisotopic (exact) mass is 414 g/mol. The Balaban J connectivity index is 1.94. The Morgan fingerprint density at radius 2 is 2.00 bits per heavy atom. The summed E-state index contributed by atoms with van der Waals surface area (Å²) in [5.74, 6) is -0.243. The fourth-order valence-corrected chi connectivity index (χ4v) is 3.41. The number of carbonyl (C=O) groups excluding carboxylic acids is 1. The number of fused-ring (bicyclic) bond motifs is 1. The first-order valence-electron chi connectivity index (χ1n) is 8.18. The van der Waals surface area contributed by atoms with Crippen molar-refractivity contribution in [1.82, 2.24) is 15.0 Å². The van der Waals surface area contributed by atoms with Gasteiger partial charge in [-0.3, -0.25) is 9.69 Å². The lowest BCUT2D eigenvalue weighted by Gasteiger charge is -2.20. The maximum absolute atomic E-state index is 12.9. The third-order valence-electron chi connectivity index (χ3n) is 3.68. The molecule has 0 saturated carbocycles. The summed E-state index contributed by atoms with van der Waals surface area (Å²) in [6.45, 7) is 2.55. The van der Waals surface area contributed by atoms with E-state index in [2.05, 4.69) is 14.9 Å². The minimum Gasteiger partial charge on any atom is -0.406 e. The standard InChI is InChI=1S/C17H17F3N4O3S/c1-10-8-13(22-27-10)15(25)24(7-6-23(2)3)16-21-12-5-4-11(9-14(12)28-16)26-17(18,19)20/h4-5,8-9H,6-7H2,1-3H3. The Kier molecular flexibility index (Phi) is 5.57. The average molecular weight is 414 g/mol. The Morgan fingerprint density at radius 1 is 1.25 bits per heavy atom. The van der Waals surface area contributed by atoms with E-state index < -0.39 is 12.3 Å². The van der Waals surface area contributed by atoms with Crippen molar-refractivity contribution in [2.75, 3.05) is 32.1 Å². The maximum atomic E-state index is 12.9. The van der Waals surface area contributed by atoms with Gasteiger partial charge in [0.25, 0.3) is 5.91 Å². The van der Waals surface area contributed by atoms with Crippen LogP contribution < -0.4 is 9.64 Å². The second-order valence-corrected chi connectivity index (χ2v) is 7.27. The molecule has 0 aliphatic rings. The number of halogens is 3. The third kappa shape index (κ3) is 4.78. The molecule has 0 aliphatic heterocycles. The molecule has 28 heavy (non-hydrogen) atoms. The molecule has 0 saturated heterocycles. The zero-order valence-electron chi connectivity index (χ0n) is 15.3. The maximum Gasteiger partial charge on any atom is 0.573 e. The lowest BCUT2D eigenvalue weighted by molar-refractivity contribution is -0.274. The topological polar surface area (TPSA) is 71.7 Å². The molecule has 0 aliphatic carbocycles. The zero-order valence-corrected chi connectivity index (χ0v) is 16.1. The number of aryl methyl sites for hydroxylation is 1. The molecule has 0 spiro atoms. The van der Waals surface area contributed by atoms with Crippen molar-refractivity contribution in [1.29, 1.82) is 0 Å². The fourth-order valence-electron chi connectivity index (χ4n) is 2.39. The van der Waals surface area contributed by atoms with Crippen molar-refractivity contribution >= 4 is 32.6 Å². The van der Waals surface area contributed by atoms with E-state index in [1.54, 1.807) is 6.92 Å². The van der Waals surface area contributed by atoms with Crippen LogP contribution in [0.25, 0.3) is 10.2 Å². The Hall–Kier alpha value is -2.66. The number of anilines is 1. The Labute approximate surface area is 162 Å². The van der Waals surface area contributed by atoms with E-state index in [0.29, 0.717) is 34.2 Å². The number of hydrogen-bond donors (Lipinski definition) is 0. The summed E-state index contributed by atoms with van der Waals surface area (Å²) in [6, 6.07) is 5.38. The molecular weight excluding hydrogens is 397 g/mol. The summed E-state index contributed by atoms with van der Waals surface area (Å²) in [7, 11) is 3.73. The van der Waals surface area contributed by atoms with E-state index in [4.69, 9.17) is 4.52 Å². The molecule has 0 unspecified atom stereocenters. The van der Waals surface area contributed by atoms with Crippen LogP contribution in [-0.2, 0) is 0 Å². The van der Waals surface area contributed by atoms with Crippen LogP contribution in [0.2, 0.25) is 0 Å². The Morgan fingerprint density at radius 3 is 2.61 bits per heavy atom. The van der Waals surface area contributed by atoms with E-state index >= 15 is 0 Å². The molecule has 2 heterocycles. The number of ether oxygens (including phenoxy) is 1. The van der Waals surface area contributed by atoms with Crippen LogP contribution in [0.1, 0.15) is 16.2 Å². The van der Waals surface area contributed by atoms with Crippen LogP contribution in [-0.4, -0.2) is 54.5 Å². The quantitative estimate of drug-likeness (QED) is 0.613. The number of hydrogen-bond acceptors (Lipinski definition) is 7. The van der Waals surface area contributed by atoms with Crippen LogP contribution in [0.4, 0.5) is 18.3 Å². The van der Waals surface area contributed by atoms with Crippen molar-refractivity contribution in [3.8, 4) is 5.75 Å². The predicted molar refractivity (Wildman–Crippen MR) is 97.8 cm³/mol. The SMILES string of the molecule is Cc1cc(C(=O)N(CCN(C)C)c2nc3ccc(OC(F)(F)F)cc3s2)no1. The van der Waals surface area contributed by atoms with Crippen LogP contribution in [0.3, 0.4) is 0 Å². The van der Waals surface area contributed by atoms with Crippen LogP contribution >= 0.6 is 11.3 Å². The van der Waals surface area contributed by atoms with Crippen LogP contribution in [0, 0.1) is 6.92 Å². The highest BCUT2D eigenvalue weighted by Crippen LogP contribution is 2.33. The summed E-state index contributed by atoms with van der Waals surface area (Å²) in [6.07, 6.45) is -4.78. The number of nitrogens with zero attached hydrogens (tertiary/aromatic N) is 4. The summed E-state index contributed by atoms with van der Waals surface area (Å²) >= 11 is 1.10. The first-order chi connectivity index (χ1) is 13.1. The molecule has 11 heteroatoms. The number of amides is 1. The highest BCUT2D eigenvalue weighted by Gasteiger charge is 2.31. The highest BCUT2D eigenvalue weighted by atomic mass is 32.1. The van der Waals surface area contributed by atoms with Gasteiger partial charge in [0, 0.05) is 25.2 Å². The molecule has 3 rings (SSSR count). The zero-order chi connectivity index (χ0) is 20.5. The van der Waals surface area contributed by atoms with Gasteiger partial charge in [-0.1, -0.05) is 16.5 Å². The van der Waals surface area contributed by atoms with Gasteiger partial charge in [-0.15, -0.1) is 13.2 Å². The molecule has 0 N–H and O–H groups in total. The first kappa shape index (κ1) is 20.1. The molecule has 150 valence electrons. The third-order valence-corrected chi connectivity index (χ3v) is 4.72.